The van der Waals surface area contributed by atoms with Crippen molar-refractivity contribution in [1.29, 1.82) is 0 Å². The Kier molecular flexibility index (Phi) is 8.87. The van der Waals surface area contributed by atoms with Gasteiger partial charge in [-0.1, -0.05) is 35.9 Å². The van der Waals surface area contributed by atoms with Crippen LogP contribution in [-0.2, 0) is 9.47 Å². The van der Waals surface area contributed by atoms with Crippen LogP contribution in [0.2, 0.25) is 0 Å². The largest absolute Gasteiger partial charge is 0.377 e. The molecule has 26 heavy (non-hydrogen) atoms. The smallest absolute Gasteiger partial charge is 0.193 e. The van der Waals surface area contributed by atoms with Gasteiger partial charge in [0.2, 0.25) is 0 Å². The van der Waals surface area contributed by atoms with Crippen LogP contribution in [0.15, 0.2) is 40.9 Å². The molecule has 3 rings (SSSR count). The fourth-order valence-corrected chi connectivity index (χ4v) is 3.44. The first kappa shape index (κ1) is 21.2. The first-order valence-electron chi connectivity index (χ1n) is 9.16. The molecule has 1 aromatic carbocycles. The highest BCUT2D eigenvalue weighted by Gasteiger charge is 2.25. The van der Waals surface area contributed by atoms with Gasteiger partial charge < -0.3 is 19.7 Å². The Labute approximate surface area is 173 Å². The van der Waals surface area contributed by atoms with Crippen molar-refractivity contribution in [3.63, 3.8) is 0 Å². The van der Waals surface area contributed by atoms with Crippen LogP contribution in [0.1, 0.15) is 30.1 Å². The minimum Gasteiger partial charge on any atom is -0.377 e. The Morgan fingerprint density at radius 1 is 1.31 bits per heavy atom. The molecule has 1 unspecified atom stereocenters. The molecule has 0 radical (unpaired) electrons. The van der Waals surface area contributed by atoms with E-state index in [0.717, 1.165) is 58.3 Å². The lowest BCUT2D eigenvalue weighted by molar-refractivity contribution is -0.00829. The highest BCUT2D eigenvalue weighted by atomic mass is 127. The van der Waals surface area contributed by atoms with Gasteiger partial charge in [0, 0.05) is 20.1 Å². The van der Waals surface area contributed by atoms with Gasteiger partial charge in [-0.05, 0) is 30.9 Å². The van der Waals surface area contributed by atoms with Crippen molar-refractivity contribution >= 4 is 29.9 Å². The van der Waals surface area contributed by atoms with Crippen LogP contribution in [0.5, 0.6) is 0 Å². The van der Waals surface area contributed by atoms with Crippen molar-refractivity contribution in [2.45, 2.75) is 25.9 Å². The fraction of sp³-hybridized carbons (Fsp3) is 0.550. The van der Waals surface area contributed by atoms with Crippen LogP contribution < -0.4 is 5.32 Å². The number of ether oxygens (including phenoxy) is 2. The van der Waals surface area contributed by atoms with Crippen molar-refractivity contribution in [3.05, 3.63) is 47.0 Å². The number of nitrogens with one attached hydrogen (secondary N) is 1. The molecule has 1 saturated heterocycles. The van der Waals surface area contributed by atoms with Gasteiger partial charge >= 0.3 is 0 Å². The third-order valence-electron chi connectivity index (χ3n) is 4.90. The molecule has 0 aliphatic carbocycles. The Hall–Kier alpha value is -1.12. The van der Waals surface area contributed by atoms with Crippen LogP contribution in [0.3, 0.4) is 0 Å². The molecular weight excluding hydrogens is 441 g/mol. The Morgan fingerprint density at radius 3 is 2.88 bits per heavy atom. The summed E-state index contributed by atoms with van der Waals surface area (Å²) in [7, 11) is 1.86. The second-order valence-electron chi connectivity index (χ2n) is 6.57. The number of hydrogen-bond acceptors (Lipinski definition) is 3. The Bertz CT molecular complexity index is 633. The maximum atomic E-state index is 6.02. The lowest BCUT2D eigenvalue weighted by Gasteiger charge is -2.35. The number of rotatable bonds is 4. The summed E-state index contributed by atoms with van der Waals surface area (Å²) in [5.41, 5.74) is 4.03. The average Bonchev–Trinajstić information content (AvgIpc) is 2.66. The van der Waals surface area contributed by atoms with E-state index in [4.69, 9.17) is 9.47 Å². The van der Waals surface area contributed by atoms with Crippen LogP contribution in [0, 0.1) is 6.92 Å². The first-order valence-corrected chi connectivity index (χ1v) is 9.16. The normalized spacial score (nSPS) is 21.0. The number of benzene rings is 1. The minimum atomic E-state index is 0. The molecule has 6 heteroatoms. The zero-order valence-electron chi connectivity index (χ0n) is 15.7. The van der Waals surface area contributed by atoms with E-state index >= 15 is 0 Å². The van der Waals surface area contributed by atoms with Gasteiger partial charge in [0.1, 0.15) is 6.10 Å². The summed E-state index contributed by atoms with van der Waals surface area (Å²) in [6.07, 6.45) is 4.41. The first-order chi connectivity index (χ1) is 12.3. The quantitative estimate of drug-likeness (QED) is 0.317. The molecule has 2 heterocycles. The van der Waals surface area contributed by atoms with E-state index in [-0.39, 0.29) is 30.1 Å². The molecule has 1 fully saturated rings. The van der Waals surface area contributed by atoms with Crippen LogP contribution >= 0.6 is 24.0 Å². The number of guanidine groups is 1. The molecule has 5 nitrogen and oxygen atoms in total. The molecule has 0 saturated carbocycles. The molecule has 2 aliphatic rings. The second kappa shape index (κ2) is 10.9. The Morgan fingerprint density at radius 2 is 2.15 bits per heavy atom. The molecule has 0 bridgehead atoms. The third kappa shape index (κ3) is 5.69. The lowest BCUT2D eigenvalue weighted by atomic mass is 10.0. The lowest BCUT2D eigenvalue weighted by Crippen LogP contribution is -2.48. The number of nitrogens with zero attached hydrogens (tertiary/aromatic N) is 2. The summed E-state index contributed by atoms with van der Waals surface area (Å²) in [5.74, 6) is 0.967. The molecule has 2 aliphatic heterocycles. The summed E-state index contributed by atoms with van der Waals surface area (Å²) in [6.45, 7) is 7.09. The summed E-state index contributed by atoms with van der Waals surface area (Å²) in [6, 6.07) is 8.47. The zero-order valence-corrected chi connectivity index (χ0v) is 18.1. The van der Waals surface area contributed by atoms with Gasteiger partial charge in [-0.3, -0.25) is 4.99 Å². The predicted molar refractivity (Wildman–Crippen MR) is 116 cm³/mol. The van der Waals surface area contributed by atoms with Crippen LogP contribution in [0.25, 0.3) is 0 Å². The molecule has 1 aromatic rings. The topological polar surface area (TPSA) is 46.1 Å². The number of aliphatic imine (C=N–C) groups is 1. The monoisotopic (exact) mass is 471 g/mol. The van der Waals surface area contributed by atoms with E-state index in [2.05, 4.69) is 52.5 Å². The second-order valence-corrected chi connectivity index (χ2v) is 6.57. The van der Waals surface area contributed by atoms with E-state index < -0.39 is 0 Å². The van der Waals surface area contributed by atoms with Crippen molar-refractivity contribution in [2.24, 2.45) is 4.99 Å². The van der Waals surface area contributed by atoms with Gasteiger partial charge in [0.05, 0.1) is 26.4 Å². The zero-order chi connectivity index (χ0) is 17.5. The summed E-state index contributed by atoms with van der Waals surface area (Å²) in [5, 5.41) is 3.51. The maximum Gasteiger partial charge on any atom is 0.193 e. The van der Waals surface area contributed by atoms with Gasteiger partial charge in [-0.25, -0.2) is 0 Å². The van der Waals surface area contributed by atoms with E-state index in [0.29, 0.717) is 0 Å². The molecule has 144 valence electrons. The Balaban J connectivity index is 0.00000243. The van der Waals surface area contributed by atoms with Gasteiger partial charge in [-0.2, -0.15) is 0 Å². The summed E-state index contributed by atoms with van der Waals surface area (Å²) in [4.78, 5) is 6.78. The minimum absolute atomic E-state index is 0. The SMILES string of the molecule is CN=C(NCCC1=CCOCC1)N1CCOC(c2ccccc2C)C1.I. The molecule has 0 spiro atoms. The standard InChI is InChI=1S/C20H29N3O2.HI/c1-16-5-3-4-6-18(16)19-15-23(11-14-25-19)20(21-2)22-10-7-17-8-12-24-13-9-17;/h3-6,8,19H,7,9-15H2,1-2H3,(H,21,22);1H. The van der Waals surface area contributed by atoms with Crippen molar-refractivity contribution < 1.29 is 9.47 Å². The predicted octanol–water partition coefficient (Wildman–Crippen LogP) is 3.30. The molecule has 1 N–H and O–H groups in total. The van der Waals surface area contributed by atoms with Crippen molar-refractivity contribution in [3.8, 4) is 0 Å². The highest BCUT2D eigenvalue weighted by molar-refractivity contribution is 14.0. The molecular formula is C20H30IN3O2. The average molecular weight is 471 g/mol. The van der Waals surface area contributed by atoms with Gasteiger partial charge in [-0.15, -0.1) is 24.0 Å². The maximum absolute atomic E-state index is 6.02. The van der Waals surface area contributed by atoms with Crippen LogP contribution in [0.4, 0.5) is 0 Å². The van der Waals surface area contributed by atoms with Gasteiger partial charge in [0.15, 0.2) is 5.96 Å². The number of aryl methyl sites for hydroxylation is 1. The van der Waals surface area contributed by atoms with E-state index in [1.54, 1.807) is 0 Å². The van der Waals surface area contributed by atoms with E-state index in [9.17, 15) is 0 Å². The van der Waals surface area contributed by atoms with Crippen molar-refractivity contribution in [1.82, 2.24) is 10.2 Å². The highest BCUT2D eigenvalue weighted by Crippen LogP contribution is 2.25. The number of hydrogen-bond donors (Lipinski definition) is 1. The van der Waals surface area contributed by atoms with E-state index in [1.165, 1.54) is 16.7 Å². The number of morpholine rings is 1. The molecule has 1 atom stereocenters. The number of halogens is 1. The van der Waals surface area contributed by atoms with Crippen molar-refractivity contribution in [2.75, 3.05) is 46.5 Å². The third-order valence-corrected chi connectivity index (χ3v) is 4.90. The summed E-state index contributed by atoms with van der Waals surface area (Å²) >= 11 is 0. The molecule has 0 aromatic heterocycles. The summed E-state index contributed by atoms with van der Waals surface area (Å²) < 4.78 is 11.4. The fourth-order valence-electron chi connectivity index (χ4n) is 3.44. The van der Waals surface area contributed by atoms with Gasteiger partial charge in [0.25, 0.3) is 0 Å². The van der Waals surface area contributed by atoms with Crippen LogP contribution in [-0.4, -0.2) is 57.4 Å². The molecule has 0 amide bonds. The van der Waals surface area contributed by atoms with E-state index in [1.807, 2.05) is 7.05 Å².